The van der Waals surface area contributed by atoms with Gasteiger partial charge in [-0.1, -0.05) is 30.3 Å². The molecule has 0 aromatic heterocycles. The van der Waals surface area contributed by atoms with Gasteiger partial charge in [0, 0.05) is 0 Å². The Morgan fingerprint density at radius 2 is 2.05 bits per heavy atom. The summed E-state index contributed by atoms with van der Waals surface area (Å²) < 4.78 is 11.8. The third-order valence-corrected chi connectivity index (χ3v) is 6.73. The molecule has 2 atom stereocenters. The molecule has 4 heteroatoms. The fourth-order valence-corrected chi connectivity index (χ4v) is 5.79. The van der Waals surface area contributed by atoms with Crippen molar-refractivity contribution in [3.63, 3.8) is 0 Å². The lowest BCUT2D eigenvalue weighted by Crippen LogP contribution is -2.39. The van der Waals surface area contributed by atoms with E-state index in [2.05, 4.69) is 32.2 Å². The first-order valence-electron chi connectivity index (χ1n) is 7.79. The zero-order valence-electron chi connectivity index (χ0n) is 13.5. The second kappa shape index (κ2) is 6.32. The van der Waals surface area contributed by atoms with Gasteiger partial charge >= 0.3 is 5.97 Å². The standard InChI is InChI=1S/C17H26O3Si/c1-5-19-16(18)14-11-12-21(3,4)20-17(2,13-14)15-9-7-6-8-10-15/h6-10,14H,5,11-13H2,1-4H3/t14-,17-/m0/s1. The summed E-state index contributed by atoms with van der Waals surface area (Å²) in [6.07, 6.45) is 1.58. The van der Waals surface area contributed by atoms with Gasteiger partial charge in [0.15, 0.2) is 8.32 Å². The van der Waals surface area contributed by atoms with Crippen LogP contribution in [0.15, 0.2) is 30.3 Å². The summed E-state index contributed by atoms with van der Waals surface area (Å²) in [7, 11) is -1.78. The number of hydrogen-bond acceptors (Lipinski definition) is 3. The van der Waals surface area contributed by atoms with E-state index in [0.29, 0.717) is 13.0 Å². The third kappa shape index (κ3) is 3.95. The molecule has 1 aromatic rings. The van der Waals surface area contributed by atoms with Crippen LogP contribution in [0.4, 0.5) is 0 Å². The van der Waals surface area contributed by atoms with Gasteiger partial charge in [-0.3, -0.25) is 4.79 Å². The third-order valence-electron chi connectivity index (χ3n) is 4.24. The summed E-state index contributed by atoms with van der Waals surface area (Å²) in [5.74, 6) is -0.139. The zero-order chi connectivity index (χ0) is 15.5. The molecular weight excluding hydrogens is 280 g/mol. The monoisotopic (exact) mass is 306 g/mol. The van der Waals surface area contributed by atoms with E-state index < -0.39 is 13.9 Å². The Bertz CT molecular complexity index is 486. The molecule has 1 aromatic carbocycles. The Balaban J connectivity index is 2.31. The minimum Gasteiger partial charge on any atom is -0.466 e. The lowest BCUT2D eigenvalue weighted by atomic mass is 9.85. The second-order valence-electron chi connectivity index (χ2n) is 6.65. The minimum atomic E-state index is -1.78. The largest absolute Gasteiger partial charge is 0.466 e. The number of hydrogen-bond donors (Lipinski definition) is 0. The summed E-state index contributed by atoms with van der Waals surface area (Å²) in [6, 6.07) is 11.3. The second-order valence-corrected chi connectivity index (χ2v) is 10.9. The van der Waals surface area contributed by atoms with Gasteiger partial charge < -0.3 is 9.16 Å². The summed E-state index contributed by atoms with van der Waals surface area (Å²) in [5, 5.41) is 0. The van der Waals surface area contributed by atoms with Crippen molar-refractivity contribution in [2.24, 2.45) is 5.92 Å². The van der Waals surface area contributed by atoms with Gasteiger partial charge in [-0.25, -0.2) is 0 Å². The first-order chi connectivity index (χ1) is 9.86. The van der Waals surface area contributed by atoms with E-state index in [9.17, 15) is 4.79 Å². The maximum Gasteiger partial charge on any atom is 0.309 e. The fourth-order valence-electron chi connectivity index (χ4n) is 3.23. The summed E-state index contributed by atoms with van der Waals surface area (Å²) in [6.45, 7) is 8.90. The molecule has 0 spiro atoms. The molecule has 1 aliphatic heterocycles. The quantitative estimate of drug-likeness (QED) is 0.623. The van der Waals surface area contributed by atoms with E-state index in [0.717, 1.165) is 18.0 Å². The van der Waals surface area contributed by atoms with Gasteiger partial charge in [-0.15, -0.1) is 0 Å². The molecule has 0 saturated carbocycles. The minimum absolute atomic E-state index is 0.0653. The highest BCUT2D eigenvalue weighted by molar-refractivity contribution is 6.71. The Labute approximate surface area is 128 Å². The Kier molecular flexibility index (Phi) is 4.89. The predicted molar refractivity (Wildman–Crippen MR) is 86.5 cm³/mol. The van der Waals surface area contributed by atoms with Gasteiger partial charge in [-0.2, -0.15) is 0 Å². The van der Waals surface area contributed by atoms with Crippen LogP contribution >= 0.6 is 0 Å². The molecule has 1 saturated heterocycles. The summed E-state index contributed by atoms with van der Waals surface area (Å²) >= 11 is 0. The molecule has 1 aliphatic rings. The highest BCUT2D eigenvalue weighted by Gasteiger charge is 2.43. The molecule has 0 unspecified atom stereocenters. The molecule has 1 heterocycles. The van der Waals surface area contributed by atoms with Gasteiger partial charge in [-0.05, 0) is 51.4 Å². The number of rotatable bonds is 3. The van der Waals surface area contributed by atoms with Gasteiger partial charge in [0.25, 0.3) is 0 Å². The van der Waals surface area contributed by atoms with E-state index >= 15 is 0 Å². The maximum atomic E-state index is 12.2. The molecular formula is C17H26O3Si. The van der Waals surface area contributed by atoms with Crippen LogP contribution < -0.4 is 0 Å². The number of benzene rings is 1. The molecule has 21 heavy (non-hydrogen) atoms. The molecule has 1 fully saturated rings. The van der Waals surface area contributed by atoms with E-state index in [1.165, 1.54) is 0 Å². The molecule has 3 nitrogen and oxygen atoms in total. The van der Waals surface area contributed by atoms with Crippen molar-refractivity contribution in [1.82, 2.24) is 0 Å². The average Bonchev–Trinajstić information content (AvgIpc) is 2.56. The fraction of sp³-hybridized carbons (Fsp3) is 0.588. The predicted octanol–water partition coefficient (Wildman–Crippen LogP) is 4.10. The smallest absolute Gasteiger partial charge is 0.309 e. The van der Waals surface area contributed by atoms with Gasteiger partial charge in [0.2, 0.25) is 0 Å². The number of carbonyl (C=O) groups excluding carboxylic acids is 1. The van der Waals surface area contributed by atoms with Crippen molar-refractivity contribution in [3.05, 3.63) is 35.9 Å². The molecule has 0 aliphatic carbocycles. The van der Waals surface area contributed by atoms with E-state index in [1.807, 2.05) is 25.1 Å². The van der Waals surface area contributed by atoms with Crippen molar-refractivity contribution in [3.8, 4) is 0 Å². The molecule has 2 rings (SSSR count). The van der Waals surface area contributed by atoms with Gasteiger partial charge in [0.1, 0.15) is 0 Å². The van der Waals surface area contributed by atoms with Crippen molar-refractivity contribution in [1.29, 1.82) is 0 Å². The van der Waals surface area contributed by atoms with Crippen LogP contribution in [0.2, 0.25) is 19.1 Å². The first-order valence-corrected chi connectivity index (χ1v) is 10.9. The van der Waals surface area contributed by atoms with Crippen LogP contribution in [-0.2, 0) is 19.6 Å². The van der Waals surface area contributed by atoms with Crippen molar-refractivity contribution < 1.29 is 14.0 Å². The lowest BCUT2D eigenvalue weighted by molar-refractivity contribution is -0.149. The Morgan fingerprint density at radius 1 is 1.38 bits per heavy atom. The maximum absolute atomic E-state index is 12.2. The van der Waals surface area contributed by atoms with Crippen LogP contribution in [0.25, 0.3) is 0 Å². The highest BCUT2D eigenvalue weighted by Crippen LogP contribution is 2.41. The molecule has 0 bridgehead atoms. The van der Waals surface area contributed by atoms with Crippen LogP contribution in [0.5, 0.6) is 0 Å². The lowest BCUT2D eigenvalue weighted by Gasteiger charge is -2.36. The SMILES string of the molecule is CCOC(=O)[C@H]1CC[Si](C)(C)O[C@](C)(c2ccccc2)C1. The number of esters is 1. The summed E-state index contributed by atoms with van der Waals surface area (Å²) in [4.78, 5) is 12.2. The molecule has 0 radical (unpaired) electrons. The Morgan fingerprint density at radius 3 is 2.67 bits per heavy atom. The topological polar surface area (TPSA) is 35.5 Å². The zero-order valence-corrected chi connectivity index (χ0v) is 14.5. The van der Waals surface area contributed by atoms with Crippen molar-refractivity contribution in [2.75, 3.05) is 6.61 Å². The highest BCUT2D eigenvalue weighted by atomic mass is 28.4. The van der Waals surface area contributed by atoms with Crippen LogP contribution in [0.1, 0.15) is 32.3 Å². The molecule has 0 N–H and O–H groups in total. The van der Waals surface area contributed by atoms with Crippen LogP contribution in [0, 0.1) is 5.92 Å². The van der Waals surface area contributed by atoms with Crippen LogP contribution in [-0.4, -0.2) is 20.9 Å². The average molecular weight is 306 g/mol. The van der Waals surface area contributed by atoms with Crippen molar-refractivity contribution >= 4 is 14.3 Å². The molecule has 116 valence electrons. The normalized spacial score (nSPS) is 28.7. The first kappa shape index (κ1) is 16.2. The van der Waals surface area contributed by atoms with E-state index in [4.69, 9.17) is 9.16 Å². The van der Waals surface area contributed by atoms with E-state index in [1.54, 1.807) is 0 Å². The molecule has 0 amide bonds. The van der Waals surface area contributed by atoms with E-state index in [-0.39, 0.29) is 11.9 Å². The Hall–Kier alpha value is -1.13. The number of ether oxygens (including phenoxy) is 1. The van der Waals surface area contributed by atoms with Crippen molar-refractivity contribution in [2.45, 2.75) is 51.4 Å². The van der Waals surface area contributed by atoms with Crippen LogP contribution in [0.3, 0.4) is 0 Å². The summed E-state index contributed by atoms with van der Waals surface area (Å²) in [5.41, 5.74) is 0.757. The number of carbonyl (C=O) groups is 1. The van der Waals surface area contributed by atoms with Gasteiger partial charge in [0.05, 0.1) is 18.1 Å².